The van der Waals surface area contributed by atoms with Crippen LogP contribution in [0.1, 0.15) is 5.56 Å². The van der Waals surface area contributed by atoms with E-state index in [-0.39, 0.29) is 5.91 Å². The van der Waals surface area contributed by atoms with Gasteiger partial charge in [-0.1, -0.05) is 0 Å². The first-order chi connectivity index (χ1) is 13.1. The molecule has 0 spiro atoms. The number of hydrogen-bond donors (Lipinski definition) is 0. The lowest BCUT2D eigenvalue weighted by Gasteiger charge is -2.33. The molecule has 1 fully saturated rings. The standard InChI is InChI=1S/C19H25N2O6/c1-24-16-12-15(13-17(25-2)19(16)26-3)4-5-18(23)21-8-6-20(7-9-21)10-11-27-14-22/h4-5,12-13H,6-11H2,1-3H3. The van der Waals surface area contributed by atoms with Crippen molar-refractivity contribution in [2.45, 2.75) is 0 Å². The smallest absolute Gasteiger partial charge is 0.417 e. The molecule has 147 valence electrons. The van der Waals surface area contributed by atoms with Crippen molar-refractivity contribution >= 4 is 18.5 Å². The fraction of sp³-hybridized carbons (Fsp3) is 0.474. The van der Waals surface area contributed by atoms with Crippen molar-refractivity contribution in [2.75, 3.05) is 60.7 Å². The van der Waals surface area contributed by atoms with Crippen LogP contribution in [-0.4, -0.2) is 82.8 Å². The quantitative estimate of drug-likeness (QED) is 0.468. The lowest BCUT2D eigenvalue weighted by atomic mass is 10.1. The molecular weight excluding hydrogens is 352 g/mol. The van der Waals surface area contributed by atoms with Crippen LogP contribution in [0.15, 0.2) is 18.2 Å². The Morgan fingerprint density at radius 1 is 1.07 bits per heavy atom. The predicted molar refractivity (Wildman–Crippen MR) is 99.8 cm³/mol. The molecule has 1 aliphatic rings. The number of nitrogens with zero attached hydrogens (tertiary/aromatic N) is 2. The van der Waals surface area contributed by atoms with Gasteiger partial charge < -0.3 is 23.8 Å². The second kappa shape index (κ2) is 10.4. The number of benzene rings is 1. The molecule has 0 aliphatic carbocycles. The summed E-state index contributed by atoms with van der Waals surface area (Å²) in [6.45, 7) is 5.12. The Morgan fingerprint density at radius 3 is 2.22 bits per heavy atom. The number of methoxy groups -OCH3 is 3. The summed E-state index contributed by atoms with van der Waals surface area (Å²) in [5.74, 6) is 1.52. The Bertz CT molecular complexity index is 643. The van der Waals surface area contributed by atoms with E-state index in [2.05, 4.69) is 9.64 Å². The van der Waals surface area contributed by atoms with E-state index < -0.39 is 0 Å². The van der Waals surface area contributed by atoms with Crippen LogP contribution in [0.3, 0.4) is 0 Å². The average Bonchev–Trinajstić information content (AvgIpc) is 2.71. The number of hydrogen-bond acceptors (Lipinski definition) is 7. The molecule has 1 aliphatic heterocycles. The van der Waals surface area contributed by atoms with Gasteiger partial charge in [-0.15, -0.1) is 0 Å². The van der Waals surface area contributed by atoms with Gasteiger partial charge in [-0.2, -0.15) is 0 Å². The molecule has 0 aromatic heterocycles. The summed E-state index contributed by atoms with van der Waals surface area (Å²) in [5, 5.41) is 0. The van der Waals surface area contributed by atoms with E-state index >= 15 is 0 Å². The molecule has 1 aromatic carbocycles. The first-order valence-electron chi connectivity index (χ1n) is 8.61. The van der Waals surface area contributed by atoms with Gasteiger partial charge in [0.05, 0.1) is 21.3 Å². The van der Waals surface area contributed by atoms with Gasteiger partial charge in [-0.25, -0.2) is 4.79 Å². The second-order valence-corrected chi connectivity index (χ2v) is 5.89. The average molecular weight is 377 g/mol. The predicted octanol–water partition coefficient (Wildman–Crippen LogP) is 0.954. The zero-order chi connectivity index (χ0) is 19.6. The zero-order valence-electron chi connectivity index (χ0n) is 15.9. The van der Waals surface area contributed by atoms with Gasteiger partial charge in [-0.05, 0) is 23.8 Å². The summed E-state index contributed by atoms with van der Waals surface area (Å²) in [6.07, 6.45) is 3.27. The molecule has 27 heavy (non-hydrogen) atoms. The Kier molecular flexibility index (Phi) is 7.94. The number of rotatable bonds is 9. The van der Waals surface area contributed by atoms with Crippen molar-refractivity contribution in [1.82, 2.24) is 9.80 Å². The molecule has 1 saturated heterocycles. The van der Waals surface area contributed by atoms with Crippen LogP contribution >= 0.6 is 0 Å². The van der Waals surface area contributed by atoms with Crippen LogP contribution in [0.5, 0.6) is 17.2 Å². The van der Waals surface area contributed by atoms with Crippen molar-refractivity contribution in [1.29, 1.82) is 0 Å². The second-order valence-electron chi connectivity index (χ2n) is 5.89. The molecule has 0 atom stereocenters. The maximum Gasteiger partial charge on any atom is 0.417 e. The molecular formula is C19H25N2O6. The molecule has 8 nitrogen and oxygen atoms in total. The van der Waals surface area contributed by atoms with Crippen molar-refractivity contribution in [3.8, 4) is 17.2 Å². The van der Waals surface area contributed by atoms with Gasteiger partial charge in [0, 0.05) is 38.8 Å². The van der Waals surface area contributed by atoms with Gasteiger partial charge in [0.15, 0.2) is 11.5 Å². The fourth-order valence-corrected chi connectivity index (χ4v) is 2.88. The number of amides is 1. The third-order valence-corrected chi connectivity index (χ3v) is 4.36. The summed E-state index contributed by atoms with van der Waals surface area (Å²) in [5.41, 5.74) is 0.777. The highest BCUT2D eigenvalue weighted by molar-refractivity contribution is 5.92. The first kappa shape index (κ1) is 20.6. The van der Waals surface area contributed by atoms with Crippen molar-refractivity contribution < 1.29 is 28.5 Å². The molecule has 8 heteroatoms. The number of carbonyl (C=O) groups excluding carboxylic acids is 2. The minimum Gasteiger partial charge on any atom is -0.493 e. The largest absolute Gasteiger partial charge is 0.493 e. The van der Waals surface area contributed by atoms with Gasteiger partial charge in [0.2, 0.25) is 11.7 Å². The molecule has 2 rings (SSSR count). The Balaban J connectivity index is 1.96. The van der Waals surface area contributed by atoms with Gasteiger partial charge in [0.25, 0.3) is 0 Å². The van der Waals surface area contributed by atoms with E-state index in [1.54, 1.807) is 50.5 Å². The molecule has 1 radical (unpaired) electrons. The Hall–Kier alpha value is -2.74. The van der Waals surface area contributed by atoms with Gasteiger partial charge in [-0.3, -0.25) is 9.69 Å². The fourth-order valence-electron chi connectivity index (χ4n) is 2.88. The maximum absolute atomic E-state index is 12.4. The summed E-state index contributed by atoms with van der Waals surface area (Å²) < 4.78 is 20.5. The third-order valence-electron chi connectivity index (χ3n) is 4.36. The van der Waals surface area contributed by atoms with E-state index in [1.165, 1.54) is 6.47 Å². The first-order valence-corrected chi connectivity index (χ1v) is 8.61. The topological polar surface area (TPSA) is 77.5 Å². The highest BCUT2D eigenvalue weighted by atomic mass is 16.5. The third kappa shape index (κ3) is 5.62. The molecule has 0 bridgehead atoms. The summed E-state index contributed by atoms with van der Waals surface area (Å²) in [4.78, 5) is 26.4. The van der Waals surface area contributed by atoms with E-state index in [1.807, 2.05) is 0 Å². The van der Waals surface area contributed by atoms with Crippen LogP contribution in [0.25, 0.3) is 6.08 Å². The van der Waals surface area contributed by atoms with Crippen molar-refractivity contribution in [3.05, 3.63) is 23.8 Å². The van der Waals surface area contributed by atoms with Crippen molar-refractivity contribution in [2.24, 2.45) is 0 Å². The normalized spacial score (nSPS) is 14.9. The summed E-state index contributed by atoms with van der Waals surface area (Å²) in [6, 6.07) is 3.57. The molecule has 0 saturated carbocycles. The molecule has 1 heterocycles. The summed E-state index contributed by atoms with van der Waals surface area (Å²) in [7, 11) is 4.64. The van der Waals surface area contributed by atoms with Gasteiger partial charge in [0.1, 0.15) is 6.61 Å². The number of ether oxygens (including phenoxy) is 4. The summed E-state index contributed by atoms with van der Waals surface area (Å²) >= 11 is 0. The van der Waals surface area contributed by atoms with E-state index in [4.69, 9.17) is 14.2 Å². The van der Waals surface area contributed by atoms with Crippen LogP contribution < -0.4 is 14.2 Å². The van der Waals surface area contributed by atoms with Crippen LogP contribution in [0.4, 0.5) is 0 Å². The van der Waals surface area contributed by atoms with Crippen molar-refractivity contribution in [3.63, 3.8) is 0 Å². The molecule has 1 aromatic rings. The highest BCUT2D eigenvalue weighted by Crippen LogP contribution is 2.38. The SMILES string of the molecule is COc1cc(C=CC(=O)N2CCN(CCO[C]=O)CC2)cc(OC)c1OC. The maximum atomic E-state index is 12.4. The number of carbonyl (C=O) groups is 1. The van der Waals surface area contributed by atoms with E-state index in [0.29, 0.717) is 43.5 Å². The monoisotopic (exact) mass is 377 g/mol. The van der Waals surface area contributed by atoms with E-state index in [9.17, 15) is 9.59 Å². The lowest BCUT2D eigenvalue weighted by Crippen LogP contribution is -2.49. The van der Waals surface area contributed by atoms with E-state index in [0.717, 1.165) is 18.7 Å². The minimum absolute atomic E-state index is 0.0547. The zero-order valence-corrected chi connectivity index (χ0v) is 15.9. The van der Waals surface area contributed by atoms with Crippen LogP contribution in [0, 0.1) is 0 Å². The number of piperazine rings is 1. The lowest BCUT2D eigenvalue weighted by molar-refractivity contribution is -0.127. The molecule has 0 unspecified atom stereocenters. The Labute approximate surface area is 159 Å². The minimum atomic E-state index is -0.0547. The van der Waals surface area contributed by atoms with Gasteiger partial charge >= 0.3 is 6.47 Å². The van der Waals surface area contributed by atoms with Crippen LogP contribution in [-0.2, 0) is 14.3 Å². The van der Waals surface area contributed by atoms with Crippen LogP contribution in [0.2, 0.25) is 0 Å². The Morgan fingerprint density at radius 2 is 1.70 bits per heavy atom. The molecule has 1 amide bonds. The molecule has 0 N–H and O–H groups in total. The highest BCUT2D eigenvalue weighted by Gasteiger charge is 2.19.